The average molecular weight is 238 g/mol. The van der Waals surface area contributed by atoms with Gasteiger partial charge in [-0.15, -0.1) is 0 Å². The lowest BCUT2D eigenvalue weighted by atomic mass is 10.2. The molecule has 1 atom stereocenters. The summed E-state index contributed by atoms with van der Waals surface area (Å²) in [5.41, 5.74) is 5.32. The van der Waals surface area contributed by atoms with E-state index in [9.17, 15) is 9.59 Å². The number of rotatable bonds is 2. The van der Waals surface area contributed by atoms with Gasteiger partial charge in [0.1, 0.15) is 6.10 Å². The number of hydrogen-bond acceptors (Lipinski definition) is 4. The molecule has 1 saturated heterocycles. The van der Waals surface area contributed by atoms with E-state index in [4.69, 9.17) is 9.15 Å². The van der Waals surface area contributed by atoms with Gasteiger partial charge in [-0.25, -0.2) is 0 Å². The van der Waals surface area contributed by atoms with Crippen LogP contribution in [0.4, 0.5) is 0 Å². The van der Waals surface area contributed by atoms with Crippen molar-refractivity contribution in [1.82, 2.24) is 10.9 Å². The number of carbonyl (C=O) groups is 2. The first kappa shape index (κ1) is 11.7. The lowest BCUT2D eigenvalue weighted by Crippen LogP contribution is -2.46. The highest BCUT2D eigenvalue weighted by atomic mass is 16.5. The summed E-state index contributed by atoms with van der Waals surface area (Å²) in [5, 5.41) is 0. The van der Waals surface area contributed by atoms with Gasteiger partial charge < -0.3 is 9.15 Å². The Hall–Kier alpha value is -1.82. The molecule has 1 aliphatic rings. The molecule has 92 valence electrons. The zero-order valence-corrected chi connectivity index (χ0v) is 9.49. The van der Waals surface area contributed by atoms with Crippen LogP contribution in [0, 0.1) is 6.92 Å². The molecule has 6 heteroatoms. The minimum absolute atomic E-state index is 0.192. The first-order valence-corrected chi connectivity index (χ1v) is 5.44. The van der Waals surface area contributed by atoms with E-state index in [0.29, 0.717) is 18.6 Å². The number of amides is 2. The Morgan fingerprint density at radius 1 is 1.41 bits per heavy atom. The minimum Gasteiger partial charge on any atom is -0.459 e. The third kappa shape index (κ3) is 2.65. The molecule has 1 unspecified atom stereocenters. The third-order valence-electron chi connectivity index (χ3n) is 2.59. The smallest absolute Gasteiger partial charge is 0.305 e. The fourth-order valence-electron chi connectivity index (χ4n) is 1.65. The van der Waals surface area contributed by atoms with Crippen molar-refractivity contribution in [2.75, 3.05) is 6.61 Å². The first-order chi connectivity index (χ1) is 8.18. The summed E-state index contributed by atoms with van der Waals surface area (Å²) in [7, 11) is 0. The highest BCUT2D eigenvalue weighted by Gasteiger charge is 2.24. The molecule has 1 aromatic rings. The molecule has 0 aliphatic carbocycles. The lowest BCUT2D eigenvalue weighted by Gasteiger charge is -2.10. The summed E-state index contributed by atoms with van der Waals surface area (Å²) in [6.07, 6.45) is 2.50. The molecular weight excluding hydrogens is 224 g/mol. The summed E-state index contributed by atoms with van der Waals surface area (Å²) in [5.74, 6) is -0.614. The van der Waals surface area contributed by atoms with Gasteiger partial charge in [0.25, 0.3) is 5.91 Å². The van der Waals surface area contributed by atoms with Gasteiger partial charge in [-0.1, -0.05) is 0 Å². The van der Waals surface area contributed by atoms with Crippen LogP contribution < -0.4 is 10.9 Å². The summed E-state index contributed by atoms with van der Waals surface area (Å²) in [6, 6.07) is 1.68. The maximum absolute atomic E-state index is 11.6. The van der Waals surface area contributed by atoms with Gasteiger partial charge in [0.2, 0.25) is 0 Å². The maximum Gasteiger partial charge on any atom is 0.305 e. The molecule has 0 radical (unpaired) electrons. The number of ether oxygens (including phenoxy) is 1. The van der Waals surface area contributed by atoms with E-state index in [0.717, 1.165) is 6.42 Å². The van der Waals surface area contributed by atoms with E-state index < -0.39 is 12.0 Å². The topological polar surface area (TPSA) is 80.6 Å². The molecule has 2 rings (SSSR count). The van der Waals surface area contributed by atoms with Crippen molar-refractivity contribution >= 4 is 11.8 Å². The van der Waals surface area contributed by atoms with Crippen molar-refractivity contribution in [2.45, 2.75) is 25.9 Å². The van der Waals surface area contributed by atoms with Crippen LogP contribution in [0.1, 0.15) is 29.0 Å². The van der Waals surface area contributed by atoms with Gasteiger partial charge in [-0.2, -0.15) is 0 Å². The van der Waals surface area contributed by atoms with Gasteiger partial charge >= 0.3 is 5.91 Å². The molecule has 2 N–H and O–H groups in total. The third-order valence-corrected chi connectivity index (χ3v) is 2.59. The Balaban J connectivity index is 1.84. The van der Waals surface area contributed by atoms with Crippen LogP contribution in [0.2, 0.25) is 0 Å². The zero-order chi connectivity index (χ0) is 12.3. The standard InChI is InChI=1S/C11H14N2O4/c1-7-4-6-17-9(7)11(15)13-12-10(14)8-3-2-5-16-8/h4,6,8H,2-3,5H2,1H3,(H,12,14)(H,13,15). The first-order valence-electron chi connectivity index (χ1n) is 5.44. The highest BCUT2D eigenvalue weighted by Crippen LogP contribution is 2.11. The molecule has 0 spiro atoms. The van der Waals surface area contributed by atoms with Crippen molar-refractivity contribution in [3.63, 3.8) is 0 Å². The fraction of sp³-hybridized carbons (Fsp3) is 0.455. The normalized spacial score (nSPS) is 19.0. The van der Waals surface area contributed by atoms with E-state index in [2.05, 4.69) is 10.9 Å². The monoisotopic (exact) mass is 238 g/mol. The summed E-state index contributed by atoms with van der Waals surface area (Å²) >= 11 is 0. The van der Waals surface area contributed by atoms with Crippen molar-refractivity contribution in [1.29, 1.82) is 0 Å². The number of carbonyl (C=O) groups excluding carboxylic acids is 2. The number of hydrazine groups is 1. The van der Waals surface area contributed by atoms with Gasteiger partial charge in [-0.3, -0.25) is 20.4 Å². The molecule has 0 saturated carbocycles. The second-order valence-electron chi connectivity index (χ2n) is 3.88. The van der Waals surface area contributed by atoms with E-state index in [1.807, 2.05) is 0 Å². The molecule has 2 amide bonds. The van der Waals surface area contributed by atoms with Crippen LogP contribution in [0.15, 0.2) is 16.7 Å². The number of nitrogens with one attached hydrogen (secondary N) is 2. The predicted octanol–water partition coefficient (Wildman–Crippen LogP) is 0.528. The highest BCUT2D eigenvalue weighted by molar-refractivity contribution is 5.94. The SMILES string of the molecule is Cc1ccoc1C(=O)NNC(=O)C1CCCO1. The van der Waals surface area contributed by atoms with Crippen LogP contribution in [-0.4, -0.2) is 24.5 Å². The van der Waals surface area contributed by atoms with Crippen molar-refractivity contribution in [3.8, 4) is 0 Å². The van der Waals surface area contributed by atoms with Gasteiger partial charge in [-0.05, 0) is 25.8 Å². The Morgan fingerprint density at radius 3 is 2.82 bits per heavy atom. The second-order valence-corrected chi connectivity index (χ2v) is 3.88. The van der Waals surface area contributed by atoms with Gasteiger partial charge in [0.15, 0.2) is 5.76 Å². The van der Waals surface area contributed by atoms with Gasteiger partial charge in [0.05, 0.1) is 6.26 Å². The van der Waals surface area contributed by atoms with E-state index in [1.165, 1.54) is 6.26 Å². The van der Waals surface area contributed by atoms with Crippen LogP contribution in [0.3, 0.4) is 0 Å². The largest absolute Gasteiger partial charge is 0.459 e. The van der Waals surface area contributed by atoms with E-state index in [-0.39, 0.29) is 11.7 Å². The quantitative estimate of drug-likeness (QED) is 0.736. The van der Waals surface area contributed by atoms with Gasteiger partial charge in [0, 0.05) is 12.2 Å². The molecule has 1 fully saturated rings. The molecule has 0 aromatic carbocycles. The Kier molecular flexibility index (Phi) is 3.43. The number of aryl methyl sites for hydroxylation is 1. The predicted molar refractivity (Wildman–Crippen MR) is 58.0 cm³/mol. The molecule has 17 heavy (non-hydrogen) atoms. The van der Waals surface area contributed by atoms with E-state index >= 15 is 0 Å². The Bertz CT molecular complexity index is 421. The zero-order valence-electron chi connectivity index (χ0n) is 9.49. The second kappa shape index (κ2) is 5.01. The van der Waals surface area contributed by atoms with Crippen LogP contribution >= 0.6 is 0 Å². The van der Waals surface area contributed by atoms with E-state index in [1.54, 1.807) is 13.0 Å². The minimum atomic E-state index is -0.473. The van der Waals surface area contributed by atoms with Crippen molar-refractivity contribution in [3.05, 3.63) is 23.7 Å². The molecular formula is C11H14N2O4. The number of hydrogen-bond donors (Lipinski definition) is 2. The molecule has 2 heterocycles. The Morgan fingerprint density at radius 2 is 2.24 bits per heavy atom. The summed E-state index contributed by atoms with van der Waals surface area (Å²) in [6.45, 7) is 2.34. The lowest BCUT2D eigenvalue weighted by molar-refractivity contribution is -0.130. The molecule has 6 nitrogen and oxygen atoms in total. The number of furan rings is 1. The molecule has 1 aromatic heterocycles. The average Bonchev–Trinajstić information content (AvgIpc) is 2.95. The van der Waals surface area contributed by atoms with Crippen LogP contribution in [-0.2, 0) is 9.53 Å². The molecule has 0 bridgehead atoms. The van der Waals surface area contributed by atoms with Crippen LogP contribution in [0.5, 0.6) is 0 Å². The fourth-order valence-corrected chi connectivity index (χ4v) is 1.65. The van der Waals surface area contributed by atoms with Crippen LogP contribution in [0.25, 0.3) is 0 Å². The summed E-state index contributed by atoms with van der Waals surface area (Å²) in [4.78, 5) is 23.1. The summed E-state index contributed by atoms with van der Waals surface area (Å²) < 4.78 is 10.2. The molecule has 1 aliphatic heterocycles. The maximum atomic E-state index is 11.6. The van der Waals surface area contributed by atoms with Crippen molar-refractivity contribution in [2.24, 2.45) is 0 Å². The Labute approximate surface area is 98.3 Å². The van der Waals surface area contributed by atoms with Crippen molar-refractivity contribution < 1.29 is 18.7 Å².